The molecule has 7 nitrogen and oxygen atoms in total. The van der Waals surface area contributed by atoms with Crippen LogP contribution in [0.5, 0.6) is 0 Å². The molecule has 0 spiro atoms. The minimum absolute atomic E-state index is 0.157. The van der Waals surface area contributed by atoms with Crippen molar-refractivity contribution in [1.82, 2.24) is 19.2 Å². The lowest BCUT2D eigenvalue weighted by Crippen LogP contribution is -2.23. The number of fused-ring (bicyclic) bond motifs is 3. The van der Waals surface area contributed by atoms with Gasteiger partial charge >= 0.3 is 5.97 Å². The topological polar surface area (TPSA) is 78.5 Å². The number of aryl methyl sites for hydroxylation is 2. The highest BCUT2D eigenvalue weighted by molar-refractivity contribution is 8.00. The molecule has 0 N–H and O–H groups in total. The second-order valence-electron chi connectivity index (χ2n) is 6.80. The maximum absolute atomic E-state index is 13.4. The van der Waals surface area contributed by atoms with Crippen LogP contribution in [0.4, 0.5) is 0 Å². The van der Waals surface area contributed by atoms with Crippen molar-refractivity contribution in [3.8, 4) is 5.69 Å². The normalized spacial score (nSPS) is 12.4. The third kappa shape index (κ3) is 3.09. The maximum Gasteiger partial charge on any atom is 0.318 e. The van der Waals surface area contributed by atoms with Gasteiger partial charge in [-0.1, -0.05) is 42.1 Å². The van der Waals surface area contributed by atoms with Gasteiger partial charge in [0.25, 0.3) is 5.56 Å². The number of nitrogens with zero attached hydrogens (tertiary/aromatic N) is 4. The quantitative estimate of drug-likeness (QED) is 0.381. The minimum Gasteiger partial charge on any atom is -0.468 e. The van der Waals surface area contributed by atoms with Gasteiger partial charge in [0.2, 0.25) is 5.78 Å². The average molecular weight is 408 g/mol. The Morgan fingerprint density at radius 2 is 1.76 bits per heavy atom. The van der Waals surface area contributed by atoms with Crippen LogP contribution in [0.3, 0.4) is 0 Å². The number of aromatic nitrogens is 4. The lowest BCUT2D eigenvalue weighted by Gasteiger charge is -2.15. The van der Waals surface area contributed by atoms with E-state index in [2.05, 4.69) is 10.2 Å². The summed E-state index contributed by atoms with van der Waals surface area (Å²) in [7, 11) is 1.36. The molecule has 0 aliphatic carbocycles. The molecule has 2 heterocycles. The smallest absolute Gasteiger partial charge is 0.318 e. The van der Waals surface area contributed by atoms with Gasteiger partial charge in [-0.25, -0.2) is 4.57 Å². The first kappa shape index (κ1) is 19.2. The highest BCUT2D eigenvalue weighted by Gasteiger charge is 2.23. The monoisotopic (exact) mass is 408 g/mol. The van der Waals surface area contributed by atoms with Crippen molar-refractivity contribution in [1.29, 1.82) is 0 Å². The van der Waals surface area contributed by atoms with E-state index in [1.165, 1.54) is 18.9 Å². The zero-order valence-electron chi connectivity index (χ0n) is 16.5. The third-order valence-electron chi connectivity index (χ3n) is 4.87. The molecule has 1 unspecified atom stereocenters. The molecule has 1 atom stereocenters. The summed E-state index contributed by atoms with van der Waals surface area (Å²) < 4.78 is 8.26. The van der Waals surface area contributed by atoms with Crippen molar-refractivity contribution in [2.45, 2.75) is 31.2 Å². The van der Waals surface area contributed by atoms with Crippen molar-refractivity contribution in [2.75, 3.05) is 7.11 Å². The number of carbonyl (C=O) groups is 1. The molecule has 29 heavy (non-hydrogen) atoms. The number of hydrogen-bond donors (Lipinski definition) is 0. The third-order valence-corrected chi connectivity index (χ3v) is 5.89. The molecule has 4 rings (SSSR count). The Hall–Kier alpha value is -3.13. The van der Waals surface area contributed by atoms with Crippen molar-refractivity contribution >= 4 is 34.4 Å². The molecule has 0 aliphatic rings. The molecule has 8 heteroatoms. The van der Waals surface area contributed by atoms with E-state index in [-0.39, 0.29) is 11.5 Å². The lowest BCUT2D eigenvalue weighted by atomic mass is 10.1. The summed E-state index contributed by atoms with van der Waals surface area (Å²) in [6.45, 7) is 5.68. The summed E-state index contributed by atoms with van der Waals surface area (Å²) in [5.74, 6) is 0.0600. The molecule has 2 aromatic heterocycles. The molecule has 0 aliphatic heterocycles. The number of rotatable bonds is 4. The van der Waals surface area contributed by atoms with Crippen LogP contribution in [0.15, 0.2) is 52.4 Å². The molecular weight excluding hydrogens is 388 g/mol. The van der Waals surface area contributed by atoms with Crippen LogP contribution < -0.4 is 5.56 Å². The van der Waals surface area contributed by atoms with E-state index >= 15 is 0 Å². The first-order valence-electron chi connectivity index (χ1n) is 9.14. The zero-order valence-corrected chi connectivity index (χ0v) is 17.4. The molecular formula is C21H20N4O3S. The number of ether oxygens (including phenoxy) is 1. The van der Waals surface area contributed by atoms with Gasteiger partial charge in [0.05, 0.1) is 23.7 Å². The van der Waals surface area contributed by atoms with Gasteiger partial charge in [0.1, 0.15) is 5.25 Å². The first-order valence-corrected chi connectivity index (χ1v) is 10.0. The number of thioether (sulfide) groups is 1. The molecule has 0 amide bonds. The first-order chi connectivity index (χ1) is 13.9. The number of carbonyl (C=O) groups excluding carboxylic acids is 1. The number of hydrogen-bond acceptors (Lipinski definition) is 6. The van der Waals surface area contributed by atoms with Crippen LogP contribution in [0.25, 0.3) is 22.4 Å². The number of esters is 1. The largest absolute Gasteiger partial charge is 0.468 e. The van der Waals surface area contributed by atoms with Crippen LogP contribution in [0.1, 0.15) is 18.1 Å². The fraction of sp³-hybridized carbons (Fsp3) is 0.238. The molecule has 4 aromatic rings. The molecule has 148 valence electrons. The van der Waals surface area contributed by atoms with Crippen LogP contribution in [-0.4, -0.2) is 37.5 Å². The van der Waals surface area contributed by atoms with Gasteiger partial charge in [-0.3, -0.25) is 14.0 Å². The summed E-state index contributed by atoms with van der Waals surface area (Å²) in [5.41, 5.74) is 3.25. The van der Waals surface area contributed by atoms with E-state index in [0.717, 1.165) is 16.8 Å². The van der Waals surface area contributed by atoms with E-state index < -0.39 is 5.25 Å². The fourth-order valence-corrected chi connectivity index (χ4v) is 4.37. The fourth-order valence-electron chi connectivity index (χ4n) is 3.49. The second-order valence-corrected chi connectivity index (χ2v) is 8.11. The number of benzene rings is 2. The Morgan fingerprint density at radius 1 is 1.07 bits per heavy atom. The summed E-state index contributed by atoms with van der Waals surface area (Å²) in [6, 6.07) is 13.2. The van der Waals surface area contributed by atoms with Gasteiger partial charge in [0.15, 0.2) is 5.16 Å². The second kappa shape index (κ2) is 7.36. The van der Waals surface area contributed by atoms with Crippen LogP contribution in [-0.2, 0) is 9.53 Å². The summed E-state index contributed by atoms with van der Waals surface area (Å²) in [5, 5.41) is 9.23. The maximum atomic E-state index is 13.4. The van der Waals surface area contributed by atoms with Gasteiger partial charge in [-0.15, -0.1) is 10.2 Å². The standard InChI is InChI=1S/C21H20N4O3S/c1-12-8-7-9-13(2)17(12)25-18(26)15-10-5-6-11-16(15)24-20(25)22-23-21(24)29-14(3)19(27)28-4/h5-11,14H,1-4H3. The van der Waals surface area contributed by atoms with Gasteiger partial charge in [0, 0.05) is 0 Å². The predicted octanol–water partition coefficient (Wildman–Crippen LogP) is 3.30. The van der Waals surface area contributed by atoms with E-state index in [0.29, 0.717) is 21.8 Å². The van der Waals surface area contributed by atoms with E-state index in [4.69, 9.17) is 4.74 Å². The molecule has 0 saturated carbocycles. The predicted molar refractivity (Wildman–Crippen MR) is 113 cm³/mol. The van der Waals surface area contributed by atoms with Crippen molar-refractivity contribution in [3.05, 3.63) is 63.9 Å². The van der Waals surface area contributed by atoms with Gasteiger partial charge in [-0.2, -0.15) is 0 Å². The zero-order chi connectivity index (χ0) is 20.7. The minimum atomic E-state index is -0.466. The Morgan fingerprint density at radius 3 is 2.45 bits per heavy atom. The Balaban J connectivity index is 2.09. The Bertz CT molecular complexity index is 1290. The summed E-state index contributed by atoms with van der Waals surface area (Å²) >= 11 is 1.24. The average Bonchev–Trinajstić information content (AvgIpc) is 3.12. The Labute approximate surface area is 171 Å². The SMILES string of the molecule is COC(=O)C(C)Sc1nnc2n(-c3c(C)cccc3C)c(=O)c3ccccc3n12. The van der Waals surface area contributed by atoms with Gasteiger partial charge in [-0.05, 0) is 44.0 Å². The van der Waals surface area contributed by atoms with Crippen LogP contribution >= 0.6 is 11.8 Å². The summed E-state index contributed by atoms with van der Waals surface area (Å²) in [4.78, 5) is 25.3. The van der Waals surface area contributed by atoms with E-state index in [9.17, 15) is 9.59 Å². The highest BCUT2D eigenvalue weighted by Crippen LogP contribution is 2.27. The number of methoxy groups -OCH3 is 1. The van der Waals surface area contributed by atoms with E-state index in [1.54, 1.807) is 17.6 Å². The highest BCUT2D eigenvalue weighted by atomic mass is 32.2. The van der Waals surface area contributed by atoms with Crippen molar-refractivity contribution < 1.29 is 9.53 Å². The summed E-state index contributed by atoms with van der Waals surface area (Å²) in [6.07, 6.45) is 0. The molecule has 0 bridgehead atoms. The molecule has 0 saturated heterocycles. The lowest BCUT2D eigenvalue weighted by molar-refractivity contribution is -0.139. The van der Waals surface area contributed by atoms with Crippen LogP contribution in [0.2, 0.25) is 0 Å². The molecule has 0 fully saturated rings. The Kier molecular flexibility index (Phi) is 4.87. The number of para-hydroxylation sites is 2. The molecule has 0 radical (unpaired) electrons. The molecule has 2 aromatic carbocycles. The van der Waals surface area contributed by atoms with Gasteiger partial charge < -0.3 is 4.74 Å². The van der Waals surface area contributed by atoms with Crippen molar-refractivity contribution in [3.63, 3.8) is 0 Å². The van der Waals surface area contributed by atoms with E-state index in [1.807, 2.05) is 54.6 Å². The van der Waals surface area contributed by atoms with Crippen molar-refractivity contribution in [2.24, 2.45) is 0 Å². The van der Waals surface area contributed by atoms with Crippen LogP contribution in [0, 0.1) is 13.8 Å².